The van der Waals surface area contributed by atoms with Gasteiger partial charge in [0, 0.05) is 60.2 Å². The number of morpholine rings is 1. The van der Waals surface area contributed by atoms with E-state index in [0.717, 1.165) is 79.7 Å². The van der Waals surface area contributed by atoms with E-state index in [2.05, 4.69) is 62.3 Å². The van der Waals surface area contributed by atoms with Gasteiger partial charge in [-0.05, 0) is 74.3 Å². The summed E-state index contributed by atoms with van der Waals surface area (Å²) in [5.74, 6) is 0.877. The summed E-state index contributed by atoms with van der Waals surface area (Å²) < 4.78 is 11.6. The Kier molecular flexibility index (Phi) is 7.67. The monoisotopic (exact) mass is 526 g/mol. The van der Waals surface area contributed by atoms with E-state index in [9.17, 15) is 0 Å². The minimum atomic E-state index is 0.610. The molecule has 2 aromatic carbocycles. The summed E-state index contributed by atoms with van der Waals surface area (Å²) in [5.41, 5.74) is 13.2. The second-order valence-corrected chi connectivity index (χ2v) is 10.5. The first kappa shape index (κ1) is 25.7. The number of aryl methyl sites for hydroxylation is 1. The molecule has 0 spiro atoms. The number of nitrogen functional groups attached to an aromatic ring is 1. The first-order valence-electron chi connectivity index (χ1n) is 14.0. The number of aromatic nitrogens is 2. The molecule has 0 saturated carbocycles. The van der Waals surface area contributed by atoms with Crippen LogP contribution >= 0.6 is 0 Å². The van der Waals surface area contributed by atoms with E-state index in [1.54, 1.807) is 6.20 Å². The largest absolute Gasteiger partial charge is 0.492 e. The molecule has 0 unspecified atom stereocenters. The third-order valence-electron chi connectivity index (χ3n) is 8.20. The third kappa shape index (κ3) is 5.73. The smallest absolute Gasteiger partial charge is 0.119 e. The number of hydrogen-bond donors (Lipinski definition) is 3. The van der Waals surface area contributed by atoms with E-state index in [1.807, 2.05) is 24.5 Å². The molecule has 2 aliphatic rings. The van der Waals surface area contributed by atoms with Crippen molar-refractivity contribution < 1.29 is 9.47 Å². The van der Waals surface area contributed by atoms with Crippen molar-refractivity contribution in [1.82, 2.24) is 19.8 Å². The summed E-state index contributed by atoms with van der Waals surface area (Å²) in [6.45, 7) is 9.95. The van der Waals surface area contributed by atoms with E-state index >= 15 is 0 Å². The number of nitrogens with two attached hydrogens (primary N) is 1. The van der Waals surface area contributed by atoms with Gasteiger partial charge in [0.2, 0.25) is 0 Å². The molecule has 204 valence electrons. The molecule has 4 aromatic rings. The van der Waals surface area contributed by atoms with E-state index in [1.165, 1.54) is 23.8 Å². The van der Waals surface area contributed by atoms with Gasteiger partial charge in [-0.25, -0.2) is 0 Å². The number of nitrogens with zero attached hydrogens (tertiary/aromatic N) is 3. The van der Waals surface area contributed by atoms with E-state index in [-0.39, 0.29) is 0 Å². The van der Waals surface area contributed by atoms with Crippen LogP contribution in [-0.4, -0.2) is 78.4 Å². The standard InChI is InChI=1S/C31H38N6O2/c1-22-26-8-11-34-30(26)7-6-29(22)35-31-27(20-33-21-28(31)32)23-2-4-25(5-3-23)39-19-14-36-12-9-24(10-13-36)37-15-17-38-18-16-37/h2-8,11,20-21,24,34H,9-10,12-19,32H2,1H3,(H,33,35). The Hall–Kier alpha value is -3.59. The van der Waals surface area contributed by atoms with Gasteiger partial charge >= 0.3 is 0 Å². The van der Waals surface area contributed by atoms with Crippen LogP contribution in [0.5, 0.6) is 5.75 Å². The molecule has 0 bridgehead atoms. The third-order valence-corrected chi connectivity index (χ3v) is 8.20. The van der Waals surface area contributed by atoms with Crippen molar-refractivity contribution >= 4 is 28.0 Å². The Balaban J connectivity index is 1.06. The molecule has 39 heavy (non-hydrogen) atoms. The summed E-state index contributed by atoms with van der Waals surface area (Å²) in [4.78, 5) is 12.8. The maximum Gasteiger partial charge on any atom is 0.119 e. The normalized spacial score (nSPS) is 17.5. The molecule has 0 aliphatic carbocycles. The van der Waals surface area contributed by atoms with Crippen molar-refractivity contribution in [3.05, 3.63) is 66.6 Å². The number of nitrogens with one attached hydrogen (secondary N) is 2. The van der Waals surface area contributed by atoms with Gasteiger partial charge in [0.25, 0.3) is 0 Å². The van der Waals surface area contributed by atoms with Crippen molar-refractivity contribution in [2.75, 3.05) is 63.6 Å². The van der Waals surface area contributed by atoms with Gasteiger partial charge in [-0.1, -0.05) is 12.1 Å². The molecule has 6 rings (SSSR count). The predicted molar refractivity (Wildman–Crippen MR) is 158 cm³/mol. The topological polar surface area (TPSA) is 91.7 Å². The highest BCUT2D eigenvalue weighted by molar-refractivity contribution is 5.93. The van der Waals surface area contributed by atoms with Crippen LogP contribution in [0.1, 0.15) is 18.4 Å². The van der Waals surface area contributed by atoms with Gasteiger partial charge in [0.1, 0.15) is 12.4 Å². The van der Waals surface area contributed by atoms with Crippen LogP contribution in [-0.2, 0) is 4.74 Å². The number of likely N-dealkylation sites (tertiary alicyclic amines) is 1. The van der Waals surface area contributed by atoms with Gasteiger partial charge in [0.15, 0.2) is 0 Å². The number of ether oxygens (including phenoxy) is 2. The maximum atomic E-state index is 6.40. The number of piperidine rings is 1. The lowest BCUT2D eigenvalue weighted by Crippen LogP contribution is -2.49. The second-order valence-electron chi connectivity index (χ2n) is 10.5. The number of H-pyrrole nitrogens is 1. The molecular formula is C31H38N6O2. The highest BCUT2D eigenvalue weighted by atomic mass is 16.5. The molecule has 0 amide bonds. The summed E-state index contributed by atoms with van der Waals surface area (Å²) in [6, 6.07) is 15.2. The molecule has 8 heteroatoms. The van der Waals surface area contributed by atoms with Crippen LogP contribution in [0.25, 0.3) is 22.0 Å². The fourth-order valence-electron chi connectivity index (χ4n) is 5.86. The van der Waals surface area contributed by atoms with Crippen LogP contribution in [0.3, 0.4) is 0 Å². The molecular weight excluding hydrogens is 488 g/mol. The van der Waals surface area contributed by atoms with E-state index in [0.29, 0.717) is 18.3 Å². The van der Waals surface area contributed by atoms with Gasteiger partial charge in [0.05, 0.1) is 30.8 Å². The second kappa shape index (κ2) is 11.7. The fourth-order valence-corrected chi connectivity index (χ4v) is 5.86. The summed E-state index contributed by atoms with van der Waals surface area (Å²) in [7, 11) is 0. The Labute approximate surface area is 230 Å². The van der Waals surface area contributed by atoms with Crippen molar-refractivity contribution in [3.8, 4) is 16.9 Å². The average molecular weight is 527 g/mol. The lowest BCUT2D eigenvalue weighted by Gasteiger charge is -2.40. The molecule has 0 radical (unpaired) electrons. The molecule has 8 nitrogen and oxygen atoms in total. The van der Waals surface area contributed by atoms with Gasteiger partial charge in [-0.15, -0.1) is 0 Å². The van der Waals surface area contributed by atoms with Gasteiger partial charge < -0.3 is 25.5 Å². The summed E-state index contributed by atoms with van der Waals surface area (Å²) in [6.07, 6.45) is 7.98. The van der Waals surface area contributed by atoms with E-state index < -0.39 is 0 Å². The van der Waals surface area contributed by atoms with Crippen LogP contribution in [0.2, 0.25) is 0 Å². The molecule has 2 aliphatic heterocycles. The van der Waals surface area contributed by atoms with Gasteiger partial charge in [-0.3, -0.25) is 14.8 Å². The Morgan fingerprint density at radius 2 is 1.82 bits per heavy atom. The average Bonchev–Trinajstić information content (AvgIpc) is 3.47. The van der Waals surface area contributed by atoms with Crippen LogP contribution in [0.15, 0.2) is 61.1 Å². The minimum Gasteiger partial charge on any atom is -0.492 e. The Bertz CT molecular complexity index is 1390. The summed E-state index contributed by atoms with van der Waals surface area (Å²) >= 11 is 0. The van der Waals surface area contributed by atoms with Crippen molar-refractivity contribution in [2.45, 2.75) is 25.8 Å². The molecule has 2 aromatic heterocycles. The molecule has 2 saturated heterocycles. The van der Waals surface area contributed by atoms with Gasteiger partial charge in [-0.2, -0.15) is 0 Å². The first-order chi connectivity index (χ1) is 19.2. The Morgan fingerprint density at radius 1 is 1.03 bits per heavy atom. The van der Waals surface area contributed by atoms with Crippen LogP contribution in [0, 0.1) is 6.92 Å². The maximum absolute atomic E-state index is 6.40. The molecule has 2 fully saturated rings. The van der Waals surface area contributed by atoms with Crippen molar-refractivity contribution in [1.29, 1.82) is 0 Å². The number of hydrogen-bond acceptors (Lipinski definition) is 7. The lowest BCUT2D eigenvalue weighted by molar-refractivity contribution is 0.0000705. The van der Waals surface area contributed by atoms with Crippen LogP contribution in [0.4, 0.5) is 17.1 Å². The number of pyridine rings is 1. The quantitative estimate of drug-likeness (QED) is 0.296. The number of anilines is 3. The highest BCUT2D eigenvalue weighted by Gasteiger charge is 2.25. The predicted octanol–water partition coefficient (Wildman–Crippen LogP) is 5.04. The van der Waals surface area contributed by atoms with Crippen molar-refractivity contribution in [2.24, 2.45) is 0 Å². The Morgan fingerprint density at radius 3 is 2.62 bits per heavy atom. The SMILES string of the molecule is Cc1c(Nc2c(N)cncc2-c2ccc(OCCN3CCC(N4CCOCC4)CC3)cc2)ccc2[nH]ccc12. The lowest BCUT2D eigenvalue weighted by atomic mass is 10.0. The first-order valence-corrected chi connectivity index (χ1v) is 14.0. The highest BCUT2D eigenvalue weighted by Crippen LogP contribution is 2.36. The molecule has 4 heterocycles. The zero-order chi connectivity index (χ0) is 26.6. The van der Waals surface area contributed by atoms with Crippen molar-refractivity contribution in [3.63, 3.8) is 0 Å². The number of fused-ring (bicyclic) bond motifs is 1. The summed E-state index contributed by atoms with van der Waals surface area (Å²) in [5, 5.41) is 4.77. The number of aromatic amines is 1. The number of rotatable bonds is 8. The van der Waals surface area contributed by atoms with E-state index in [4.69, 9.17) is 15.2 Å². The number of benzene rings is 2. The molecule has 4 N–H and O–H groups in total. The zero-order valence-electron chi connectivity index (χ0n) is 22.7. The molecule has 0 atom stereocenters. The minimum absolute atomic E-state index is 0.610. The fraction of sp³-hybridized carbons (Fsp3) is 0.387. The van der Waals surface area contributed by atoms with Crippen LogP contribution < -0.4 is 15.8 Å². The zero-order valence-corrected chi connectivity index (χ0v) is 22.7.